The van der Waals surface area contributed by atoms with Crippen molar-refractivity contribution < 1.29 is 24.4 Å². The topological polar surface area (TPSA) is 110 Å². The number of phenols is 1. The van der Waals surface area contributed by atoms with E-state index in [2.05, 4.69) is 13.0 Å². The number of aromatic hydroxyl groups is 1. The molecule has 8 heteroatoms. The number of phenolic OH excluding ortho intramolecular Hbond substituents is 1. The Labute approximate surface area is 221 Å². The van der Waals surface area contributed by atoms with E-state index in [0.29, 0.717) is 13.0 Å². The molecule has 2 heterocycles. The summed E-state index contributed by atoms with van der Waals surface area (Å²) < 4.78 is 6.26. The van der Waals surface area contributed by atoms with Crippen molar-refractivity contribution in [2.24, 2.45) is 17.8 Å². The van der Waals surface area contributed by atoms with Gasteiger partial charge in [-0.1, -0.05) is 48.8 Å². The zero-order valence-electron chi connectivity index (χ0n) is 21.6. The van der Waals surface area contributed by atoms with Gasteiger partial charge in [0.15, 0.2) is 0 Å². The Balaban J connectivity index is 1.34. The summed E-state index contributed by atoms with van der Waals surface area (Å²) in [7, 11) is 0. The lowest BCUT2D eigenvalue weighted by atomic mass is 9.70. The minimum Gasteiger partial charge on any atom is -0.508 e. The number of hydrogen-bond acceptors (Lipinski definition) is 6. The van der Waals surface area contributed by atoms with Gasteiger partial charge in [-0.3, -0.25) is 19.7 Å². The van der Waals surface area contributed by atoms with Crippen molar-refractivity contribution in [2.45, 2.75) is 52.1 Å². The predicted octanol–water partition coefficient (Wildman–Crippen LogP) is 5.81. The Morgan fingerprint density at radius 3 is 2.61 bits per heavy atom. The number of carbonyl (C=O) groups is 2. The molecule has 0 radical (unpaired) electrons. The van der Waals surface area contributed by atoms with Crippen molar-refractivity contribution in [3.63, 3.8) is 0 Å². The lowest BCUT2D eigenvalue weighted by Gasteiger charge is -2.30. The van der Waals surface area contributed by atoms with Gasteiger partial charge in [0.25, 0.3) is 5.69 Å². The molecule has 2 aliphatic heterocycles. The maximum atomic E-state index is 13.6. The summed E-state index contributed by atoms with van der Waals surface area (Å²) in [5, 5.41) is 20.8. The third kappa shape index (κ3) is 4.76. The van der Waals surface area contributed by atoms with Crippen molar-refractivity contribution in [1.82, 2.24) is 0 Å². The van der Waals surface area contributed by atoms with Gasteiger partial charge in [-0.25, -0.2) is 4.90 Å². The molecule has 0 spiro atoms. The second-order valence-electron chi connectivity index (χ2n) is 10.5. The highest BCUT2D eigenvalue weighted by molar-refractivity contribution is 6.22. The smallest absolute Gasteiger partial charge is 0.271 e. The van der Waals surface area contributed by atoms with Crippen LogP contribution in [0.3, 0.4) is 0 Å². The van der Waals surface area contributed by atoms with Crippen LogP contribution in [0.1, 0.15) is 51.5 Å². The quantitative estimate of drug-likeness (QED) is 0.205. The number of anilines is 1. The van der Waals surface area contributed by atoms with Crippen LogP contribution in [-0.4, -0.2) is 34.6 Å². The number of carbonyl (C=O) groups excluding carboxylic acids is 2. The average Bonchev–Trinajstić information content (AvgIpc) is 3.43. The van der Waals surface area contributed by atoms with Gasteiger partial charge in [0, 0.05) is 18.1 Å². The van der Waals surface area contributed by atoms with Crippen molar-refractivity contribution in [2.75, 3.05) is 11.5 Å². The first-order valence-corrected chi connectivity index (χ1v) is 13.2. The van der Waals surface area contributed by atoms with E-state index >= 15 is 0 Å². The van der Waals surface area contributed by atoms with Crippen LogP contribution in [0.2, 0.25) is 0 Å². The summed E-state index contributed by atoms with van der Waals surface area (Å²) in [6.45, 7) is 4.58. The van der Waals surface area contributed by atoms with Crippen LogP contribution < -0.4 is 4.90 Å². The molecule has 4 atom stereocenters. The van der Waals surface area contributed by atoms with Gasteiger partial charge in [-0.2, -0.15) is 0 Å². The minimum absolute atomic E-state index is 0.101. The average molecular weight is 517 g/mol. The highest BCUT2D eigenvalue weighted by Gasteiger charge is 2.56. The van der Waals surface area contributed by atoms with Gasteiger partial charge in [0.05, 0.1) is 35.2 Å². The Morgan fingerprint density at radius 1 is 1.13 bits per heavy atom. The standard InChI is InChI=1S/C30H32N2O6/c1-3-5-19(15-20-8-11-23(33)12-9-20)10-13-26-27-18(2)14-24-28(25(27)17-38-26)30(35)31(29(24)34)21-6-4-7-22(16-21)32(36)37/h4,6-9,11-12,15-16,24-26,28,33H,3,5,10,13-14,17H2,1-2H3/b19-15+/t24-,25+,26-,28-/m1/s1. The number of nitro benzene ring substituents is 1. The first-order chi connectivity index (χ1) is 18.3. The molecule has 1 N–H and O–H groups in total. The number of fused-ring (bicyclic) bond motifs is 3. The number of nitro groups is 1. The predicted molar refractivity (Wildman–Crippen MR) is 143 cm³/mol. The molecule has 3 aliphatic rings. The Bertz CT molecular complexity index is 1330. The van der Waals surface area contributed by atoms with E-state index in [1.165, 1.54) is 23.8 Å². The SMILES string of the molecule is CCC/C(=C\c1ccc(O)cc1)CC[C@H]1OC[C@H]2C1=C(C)C[C@H]1C(=O)N(c3cccc([N+](=O)[O-])c3)C(=O)[C@H]12. The van der Waals surface area contributed by atoms with Gasteiger partial charge < -0.3 is 9.84 Å². The molecule has 0 aromatic heterocycles. The fourth-order valence-corrected chi connectivity index (χ4v) is 6.34. The maximum Gasteiger partial charge on any atom is 0.271 e. The molecule has 2 amide bonds. The number of ether oxygens (including phenoxy) is 1. The molecule has 0 bridgehead atoms. The van der Waals surface area contributed by atoms with Crippen LogP contribution in [0.4, 0.5) is 11.4 Å². The number of nitrogens with zero attached hydrogens (tertiary/aromatic N) is 2. The van der Waals surface area contributed by atoms with Gasteiger partial charge in [-0.05, 0) is 61.9 Å². The van der Waals surface area contributed by atoms with Crippen LogP contribution in [0.15, 0.2) is 65.3 Å². The molecule has 2 fully saturated rings. The Morgan fingerprint density at radius 2 is 1.89 bits per heavy atom. The number of non-ortho nitro benzene ring substituents is 1. The van der Waals surface area contributed by atoms with E-state index in [9.17, 15) is 24.8 Å². The normalized spacial score (nSPS) is 25.1. The first kappa shape index (κ1) is 25.9. The number of rotatable bonds is 8. The molecule has 1 aliphatic carbocycles. The van der Waals surface area contributed by atoms with E-state index in [1.807, 2.05) is 19.1 Å². The van der Waals surface area contributed by atoms with Crippen LogP contribution in [0.25, 0.3) is 6.08 Å². The van der Waals surface area contributed by atoms with E-state index in [0.717, 1.165) is 47.3 Å². The Kier molecular flexibility index (Phi) is 7.17. The third-order valence-electron chi connectivity index (χ3n) is 8.01. The molecule has 2 saturated heterocycles. The lowest BCUT2D eigenvalue weighted by Crippen LogP contribution is -2.34. The highest BCUT2D eigenvalue weighted by Crippen LogP contribution is 2.50. The van der Waals surface area contributed by atoms with Crippen molar-refractivity contribution in [1.29, 1.82) is 0 Å². The summed E-state index contributed by atoms with van der Waals surface area (Å²) in [4.78, 5) is 38.9. The maximum absolute atomic E-state index is 13.6. The van der Waals surface area contributed by atoms with E-state index < -0.39 is 16.8 Å². The zero-order valence-corrected chi connectivity index (χ0v) is 21.6. The molecule has 8 nitrogen and oxygen atoms in total. The molecular formula is C30H32N2O6. The molecule has 0 unspecified atom stereocenters. The van der Waals surface area contributed by atoms with Crippen LogP contribution in [-0.2, 0) is 14.3 Å². The van der Waals surface area contributed by atoms with Crippen molar-refractivity contribution in [3.05, 3.63) is 80.9 Å². The van der Waals surface area contributed by atoms with Crippen LogP contribution >= 0.6 is 0 Å². The largest absolute Gasteiger partial charge is 0.508 e. The molecule has 38 heavy (non-hydrogen) atoms. The Hall–Kier alpha value is -3.78. The summed E-state index contributed by atoms with van der Waals surface area (Å²) in [5.74, 6) is -1.47. The monoisotopic (exact) mass is 516 g/mol. The molecule has 2 aromatic rings. The molecule has 198 valence electrons. The molecule has 5 rings (SSSR count). The number of hydrogen-bond donors (Lipinski definition) is 1. The number of benzene rings is 2. The summed E-state index contributed by atoms with van der Waals surface area (Å²) in [6.07, 6.45) is 6.20. The second kappa shape index (κ2) is 10.5. The molecule has 0 saturated carbocycles. The highest BCUT2D eigenvalue weighted by atomic mass is 16.6. The summed E-state index contributed by atoms with van der Waals surface area (Å²) in [6, 6.07) is 12.9. The van der Waals surface area contributed by atoms with Gasteiger partial charge >= 0.3 is 0 Å². The van der Waals surface area contributed by atoms with Crippen molar-refractivity contribution in [3.8, 4) is 5.75 Å². The second-order valence-corrected chi connectivity index (χ2v) is 10.5. The van der Waals surface area contributed by atoms with Crippen LogP contribution in [0.5, 0.6) is 5.75 Å². The fourth-order valence-electron chi connectivity index (χ4n) is 6.34. The van der Waals surface area contributed by atoms with Gasteiger partial charge in [0.1, 0.15) is 5.75 Å². The van der Waals surface area contributed by atoms with Gasteiger partial charge in [0.2, 0.25) is 11.8 Å². The van der Waals surface area contributed by atoms with E-state index in [4.69, 9.17) is 4.74 Å². The van der Waals surface area contributed by atoms with Gasteiger partial charge in [-0.15, -0.1) is 0 Å². The number of allylic oxidation sites excluding steroid dienone is 2. The van der Waals surface area contributed by atoms with Crippen molar-refractivity contribution >= 4 is 29.3 Å². The zero-order chi connectivity index (χ0) is 27.0. The number of amides is 2. The third-order valence-corrected chi connectivity index (χ3v) is 8.01. The first-order valence-electron chi connectivity index (χ1n) is 13.2. The fraction of sp³-hybridized carbons (Fsp3) is 0.400. The molecule has 2 aromatic carbocycles. The summed E-state index contributed by atoms with van der Waals surface area (Å²) in [5.41, 5.74) is 4.71. The lowest BCUT2D eigenvalue weighted by molar-refractivity contribution is -0.384. The van der Waals surface area contributed by atoms with E-state index in [-0.39, 0.29) is 41.0 Å². The number of imide groups is 1. The van der Waals surface area contributed by atoms with E-state index in [1.54, 1.807) is 18.2 Å². The minimum atomic E-state index is -0.524. The van der Waals surface area contributed by atoms with Crippen LogP contribution in [0, 0.1) is 27.9 Å². The summed E-state index contributed by atoms with van der Waals surface area (Å²) >= 11 is 0. The molecular weight excluding hydrogens is 484 g/mol.